The van der Waals surface area contributed by atoms with E-state index in [0.717, 1.165) is 31.2 Å². The van der Waals surface area contributed by atoms with Crippen LogP contribution in [0, 0.1) is 5.92 Å². The van der Waals surface area contributed by atoms with E-state index in [9.17, 15) is 22.8 Å². The lowest BCUT2D eigenvalue weighted by Crippen LogP contribution is -2.49. The van der Waals surface area contributed by atoms with Crippen molar-refractivity contribution in [1.82, 2.24) is 10.3 Å². The molecule has 5 nitrogen and oxygen atoms in total. The fourth-order valence-corrected chi connectivity index (χ4v) is 2.64. The molecule has 2 rings (SSSR count). The summed E-state index contributed by atoms with van der Waals surface area (Å²) < 4.78 is 39.3. The van der Waals surface area contributed by atoms with Gasteiger partial charge in [-0.05, 0) is 30.9 Å². The number of carboxylic acid groups (broad SMARTS) is 1. The van der Waals surface area contributed by atoms with Gasteiger partial charge < -0.3 is 10.4 Å². The normalized spacial score (nSPS) is 17.2. The number of pyridine rings is 1. The monoisotopic (exact) mass is 316 g/mol. The van der Waals surface area contributed by atoms with Crippen LogP contribution in [0.5, 0.6) is 0 Å². The molecule has 120 valence electrons. The van der Waals surface area contributed by atoms with Gasteiger partial charge in [0.05, 0.1) is 5.56 Å². The third-order valence-electron chi connectivity index (χ3n) is 3.76. The molecule has 0 bridgehead atoms. The largest absolute Gasteiger partial charge is 0.477 e. The molecular weight excluding hydrogens is 301 g/mol. The maximum atomic E-state index is 13.1. The first kappa shape index (κ1) is 16.3. The van der Waals surface area contributed by atoms with Crippen molar-refractivity contribution in [3.63, 3.8) is 0 Å². The fraction of sp³-hybridized carbons (Fsp3) is 0.500. The van der Waals surface area contributed by atoms with Gasteiger partial charge in [-0.15, -0.1) is 0 Å². The van der Waals surface area contributed by atoms with Gasteiger partial charge in [0, 0.05) is 6.20 Å². The molecule has 1 amide bonds. The predicted molar refractivity (Wildman–Crippen MR) is 70.5 cm³/mol. The Hall–Kier alpha value is -2.12. The van der Waals surface area contributed by atoms with Crippen LogP contribution in [0.4, 0.5) is 13.2 Å². The molecule has 1 unspecified atom stereocenters. The Morgan fingerprint density at radius 1 is 1.27 bits per heavy atom. The fourth-order valence-electron chi connectivity index (χ4n) is 2.64. The minimum atomic E-state index is -4.51. The molecule has 22 heavy (non-hydrogen) atoms. The van der Waals surface area contributed by atoms with Gasteiger partial charge in [-0.25, -0.2) is 9.78 Å². The third-order valence-corrected chi connectivity index (χ3v) is 3.76. The van der Waals surface area contributed by atoms with Gasteiger partial charge in [-0.2, -0.15) is 13.2 Å². The van der Waals surface area contributed by atoms with Crippen molar-refractivity contribution in [2.45, 2.75) is 37.9 Å². The highest BCUT2D eigenvalue weighted by Crippen LogP contribution is 2.35. The first-order valence-corrected chi connectivity index (χ1v) is 6.86. The Balaban J connectivity index is 2.11. The lowest BCUT2D eigenvalue weighted by molar-refractivity contribution is -0.164. The second-order valence-electron chi connectivity index (χ2n) is 5.27. The van der Waals surface area contributed by atoms with Gasteiger partial charge in [0.1, 0.15) is 11.7 Å². The second kappa shape index (κ2) is 6.33. The molecular formula is C14H15F3N2O3. The van der Waals surface area contributed by atoms with Gasteiger partial charge in [0.2, 0.25) is 0 Å². The Morgan fingerprint density at radius 2 is 1.91 bits per heavy atom. The summed E-state index contributed by atoms with van der Waals surface area (Å²) in [6.45, 7) is 0. The maximum Gasteiger partial charge on any atom is 0.408 e. The van der Waals surface area contributed by atoms with Crippen molar-refractivity contribution in [3.8, 4) is 0 Å². The molecule has 0 aromatic carbocycles. The SMILES string of the molecule is O=C(NC(C1CCCC1)C(F)(F)F)c1ccc(C(=O)O)nc1. The number of nitrogens with one attached hydrogen (secondary N) is 1. The van der Waals surface area contributed by atoms with Crippen LogP contribution in [0.2, 0.25) is 0 Å². The lowest BCUT2D eigenvalue weighted by atomic mass is 9.97. The molecule has 1 saturated carbocycles. The zero-order chi connectivity index (χ0) is 16.3. The maximum absolute atomic E-state index is 13.1. The van der Waals surface area contributed by atoms with Crippen LogP contribution < -0.4 is 5.32 Å². The highest BCUT2D eigenvalue weighted by Gasteiger charge is 2.46. The number of rotatable bonds is 4. The first-order chi connectivity index (χ1) is 10.3. The van der Waals surface area contributed by atoms with E-state index in [1.165, 1.54) is 0 Å². The van der Waals surface area contributed by atoms with Gasteiger partial charge in [-0.1, -0.05) is 12.8 Å². The summed E-state index contributed by atoms with van der Waals surface area (Å²) >= 11 is 0. The number of carbonyl (C=O) groups excluding carboxylic acids is 1. The average Bonchev–Trinajstić information content (AvgIpc) is 2.97. The Morgan fingerprint density at radius 3 is 2.36 bits per heavy atom. The van der Waals surface area contributed by atoms with E-state index in [1.54, 1.807) is 0 Å². The number of aromatic nitrogens is 1. The highest BCUT2D eigenvalue weighted by atomic mass is 19.4. The number of carboxylic acids is 1. The topological polar surface area (TPSA) is 79.3 Å². The molecule has 0 radical (unpaired) electrons. The number of halogens is 3. The summed E-state index contributed by atoms with van der Waals surface area (Å²) in [7, 11) is 0. The predicted octanol–water partition coefficient (Wildman–Crippen LogP) is 2.63. The van der Waals surface area contributed by atoms with E-state index in [-0.39, 0.29) is 11.3 Å². The van der Waals surface area contributed by atoms with E-state index >= 15 is 0 Å². The lowest BCUT2D eigenvalue weighted by Gasteiger charge is -2.26. The Labute approximate surface area is 124 Å². The molecule has 1 aromatic rings. The van der Waals surface area contributed by atoms with Crippen LogP contribution in [0.15, 0.2) is 18.3 Å². The van der Waals surface area contributed by atoms with Crippen LogP contribution in [0.1, 0.15) is 46.5 Å². The Kier molecular flexibility index (Phi) is 4.68. The van der Waals surface area contributed by atoms with Crippen molar-refractivity contribution < 1.29 is 27.9 Å². The van der Waals surface area contributed by atoms with Gasteiger partial charge in [0.15, 0.2) is 0 Å². The number of nitrogens with zero attached hydrogens (tertiary/aromatic N) is 1. The third kappa shape index (κ3) is 3.75. The average molecular weight is 316 g/mol. The number of alkyl halides is 3. The summed E-state index contributed by atoms with van der Waals surface area (Å²) in [4.78, 5) is 26.1. The smallest absolute Gasteiger partial charge is 0.408 e. The van der Waals surface area contributed by atoms with E-state index in [0.29, 0.717) is 12.8 Å². The van der Waals surface area contributed by atoms with E-state index in [1.807, 2.05) is 5.32 Å². The molecule has 1 atom stereocenters. The summed E-state index contributed by atoms with van der Waals surface area (Å²) in [5, 5.41) is 10.7. The van der Waals surface area contributed by atoms with Crippen molar-refractivity contribution in [3.05, 3.63) is 29.6 Å². The molecule has 1 aliphatic carbocycles. The summed E-state index contributed by atoms with van der Waals surface area (Å²) in [6, 6.07) is 0.338. The zero-order valence-electron chi connectivity index (χ0n) is 11.6. The molecule has 0 aliphatic heterocycles. The molecule has 1 aliphatic rings. The van der Waals surface area contributed by atoms with Crippen LogP contribution in [-0.4, -0.2) is 34.2 Å². The van der Waals surface area contributed by atoms with Crippen molar-refractivity contribution in [2.75, 3.05) is 0 Å². The van der Waals surface area contributed by atoms with Gasteiger partial charge >= 0.3 is 12.1 Å². The number of amides is 1. The number of aromatic carboxylic acids is 1. The van der Waals surface area contributed by atoms with Crippen LogP contribution in [0.25, 0.3) is 0 Å². The van der Waals surface area contributed by atoms with Crippen molar-refractivity contribution >= 4 is 11.9 Å². The molecule has 0 spiro atoms. The molecule has 0 saturated heterocycles. The summed E-state index contributed by atoms with van der Waals surface area (Å²) in [6.07, 6.45) is -1.24. The van der Waals surface area contributed by atoms with Gasteiger partial charge in [-0.3, -0.25) is 4.79 Å². The number of hydrogen-bond acceptors (Lipinski definition) is 3. The highest BCUT2D eigenvalue weighted by molar-refractivity contribution is 5.95. The van der Waals surface area contributed by atoms with Crippen molar-refractivity contribution in [2.24, 2.45) is 5.92 Å². The quantitative estimate of drug-likeness (QED) is 0.895. The Bertz CT molecular complexity index is 551. The molecule has 2 N–H and O–H groups in total. The summed E-state index contributed by atoms with van der Waals surface area (Å²) in [5.41, 5.74) is -0.378. The summed E-state index contributed by atoms with van der Waals surface area (Å²) in [5.74, 6) is -2.79. The van der Waals surface area contributed by atoms with Gasteiger partial charge in [0.25, 0.3) is 5.91 Å². The molecule has 1 heterocycles. The molecule has 1 fully saturated rings. The first-order valence-electron chi connectivity index (χ1n) is 6.86. The van der Waals surface area contributed by atoms with E-state index in [2.05, 4.69) is 4.98 Å². The minimum Gasteiger partial charge on any atom is -0.477 e. The van der Waals surface area contributed by atoms with Crippen LogP contribution in [-0.2, 0) is 0 Å². The standard InChI is InChI=1S/C14H15F3N2O3/c15-14(16,17)11(8-3-1-2-4-8)19-12(20)9-5-6-10(13(21)22)18-7-9/h5-8,11H,1-4H2,(H,19,20)(H,21,22). The second-order valence-corrected chi connectivity index (χ2v) is 5.27. The molecule has 8 heteroatoms. The van der Waals surface area contributed by atoms with E-state index in [4.69, 9.17) is 5.11 Å². The van der Waals surface area contributed by atoms with Crippen LogP contribution in [0.3, 0.4) is 0 Å². The number of hydrogen-bond donors (Lipinski definition) is 2. The van der Waals surface area contributed by atoms with E-state index < -0.39 is 30.0 Å². The van der Waals surface area contributed by atoms with Crippen LogP contribution >= 0.6 is 0 Å². The minimum absolute atomic E-state index is 0.0998. The van der Waals surface area contributed by atoms with Crippen molar-refractivity contribution in [1.29, 1.82) is 0 Å². The number of carbonyl (C=O) groups is 2. The zero-order valence-corrected chi connectivity index (χ0v) is 11.6. The molecule has 1 aromatic heterocycles.